The van der Waals surface area contributed by atoms with Crippen LogP contribution in [0.1, 0.15) is 26.7 Å². The van der Waals surface area contributed by atoms with Gasteiger partial charge in [0.15, 0.2) is 0 Å². The van der Waals surface area contributed by atoms with E-state index in [1.807, 2.05) is 13.8 Å². The van der Waals surface area contributed by atoms with Crippen LogP contribution < -0.4 is 0 Å². The van der Waals surface area contributed by atoms with Crippen molar-refractivity contribution in [1.29, 1.82) is 0 Å². The SMILES string of the molecule is CC1CC(N2C(=O)C=CC2=O)CC(C)C1O. The topological polar surface area (TPSA) is 57.6 Å². The number of hydrogen-bond donors (Lipinski definition) is 1. The largest absolute Gasteiger partial charge is 0.393 e. The normalized spacial score (nSPS) is 39.6. The predicted octanol–water partition coefficient (Wildman–Crippen LogP) is 0.707. The van der Waals surface area contributed by atoms with Crippen LogP contribution in [0.3, 0.4) is 0 Å². The predicted molar refractivity (Wildman–Crippen MR) is 58.3 cm³/mol. The van der Waals surface area contributed by atoms with Gasteiger partial charge in [-0.2, -0.15) is 0 Å². The molecule has 0 bridgehead atoms. The minimum atomic E-state index is -0.322. The number of nitrogens with zero attached hydrogens (tertiary/aromatic N) is 1. The van der Waals surface area contributed by atoms with Gasteiger partial charge >= 0.3 is 0 Å². The quantitative estimate of drug-likeness (QED) is 0.666. The molecule has 0 aromatic heterocycles. The number of aliphatic hydroxyl groups is 1. The van der Waals surface area contributed by atoms with E-state index >= 15 is 0 Å². The van der Waals surface area contributed by atoms with E-state index in [-0.39, 0.29) is 35.8 Å². The molecule has 1 aliphatic heterocycles. The van der Waals surface area contributed by atoms with Gasteiger partial charge in [-0.3, -0.25) is 14.5 Å². The first kappa shape index (κ1) is 11.3. The summed E-state index contributed by atoms with van der Waals surface area (Å²) < 4.78 is 0. The van der Waals surface area contributed by atoms with E-state index in [2.05, 4.69) is 0 Å². The van der Waals surface area contributed by atoms with Gasteiger partial charge in [0.2, 0.25) is 0 Å². The van der Waals surface area contributed by atoms with Crippen molar-refractivity contribution in [3.63, 3.8) is 0 Å². The number of aliphatic hydroxyl groups excluding tert-OH is 1. The molecule has 1 aliphatic carbocycles. The molecule has 2 aliphatic rings. The summed E-state index contributed by atoms with van der Waals surface area (Å²) in [7, 11) is 0. The molecule has 1 fully saturated rings. The molecule has 0 saturated heterocycles. The second kappa shape index (κ2) is 4.01. The van der Waals surface area contributed by atoms with Crippen molar-refractivity contribution < 1.29 is 14.7 Å². The zero-order valence-corrected chi connectivity index (χ0v) is 9.59. The Labute approximate surface area is 94.9 Å². The van der Waals surface area contributed by atoms with Gasteiger partial charge in [-0.15, -0.1) is 0 Å². The van der Waals surface area contributed by atoms with Crippen LogP contribution in [-0.2, 0) is 9.59 Å². The molecule has 1 heterocycles. The summed E-state index contributed by atoms with van der Waals surface area (Å²) in [4.78, 5) is 24.4. The lowest BCUT2D eigenvalue weighted by molar-refractivity contribution is -0.142. The van der Waals surface area contributed by atoms with Crippen molar-refractivity contribution in [3.05, 3.63) is 12.2 Å². The Morgan fingerprint density at radius 2 is 1.56 bits per heavy atom. The van der Waals surface area contributed by atoms with Crippen molar-refractivity contribution in [2.75, 3.05) is 0 Å². The van der Waals surface area contributed by atoms with Crippen molar-refractivity contribution in [1.82, 2.24) is 4.90 Å². The lowest BCUT2D eigenvalue weighted by atomic mass is 9.77. The maximum Gasteiger partial charge on any atom is 0.253 e. The first-order valence-corrected chi connectivity index (χ1v) is 5.74. The molecule has 88 valence electrons. The minimum Gasteiger partial charge on any atom is -0.393 e. The summed E-state index contributed by atoms with van der Waals surface area (Å²) in [6.45, 7) is 3.93. The summed E-state index contributed by atoms with van der Waals surface area (Å²) in [5.41, 5.74) is 0. The smallest absolute Gasteiger partial charge is 0.253 e. The molecule has 16 heavy (non-hydrogen) atoms. The summed E-state index contributed by atoms with van der Waals surface area (Å²) in [6.07, 6.45) is 3.72. The van der Waals surface area contributed by atoms with Crippen molar-refractivity contribution in [2.45, 2.75) is 38.8 Å². The highest BCUT2D eigenvalue weighted by Gasteiger charge is 2.39. The van der Waals surface area contributed by atoms with Gasteiger partial charge in [-0.1, -0.05) is 13.8 Å². The number of amides is 2. The maximum absolute atomic E-state index is 11.5. The maximum atomic E-state index is 11.5. The van der Waals surface area contributed by atoms with Crippen LogP contribution >= 0.6 is 0 Å². The third kappa shape index (κ3) is 1.78. The second-order valence-corrected chi connectivity index (χ2v) is 4.95. The number of carbonyl (C=O) groups excluding carboxylic acids is 2. The summed E-state index contributed by atoms with van der Waals surface area (Å²) >= 11 is 0. The van der Waals surface area contributed by atoms with Crippen molar-refractivity contribution in [2.24, 2.45) is 11.8 Å². The first-order valence-electron chi connectivity index (χ1n) is 5.74. The average Bonchev–Trinajstić information content (AvgIpc) is 2.54. The molecule has 2 amide bonds. The molecule has 2 unspecified atom stereocenters. The van der Waals surface area contributed by atoms with Crippen LogP contribution in [0.25, 0.3) is 0 Å². The molecule has 2 rings (SSSR count). The Balaban J connectivity index is 2.12. The molecule has 0 aromatic carbocycles. The van der Waals surface area contributed by atoms with Gasteiger partial charge in [-0.25, -0.2) is 0 Å². The summed E-state index contributed by atoms with van der Waals surface area (Å²) in [6, 6.07) is -0.0524. The highest BCUT2D eigenvalue weighted by atomic mass is 16.3. The highest BCUT2D eigenvalue weighted by Crippen LogP contribution is 2.33. The van der Waals surface area contributed by atoms with Crippen LogP contribution in [0.5, 0.6) is 0 Å². The molecule has 4 nitrogen and oxygen atoms in total. The monoisotopic (exact) mass is 223 g/mol. The number of rotatable bonds is 1. The standard InChI is InChI=1S/C12H17NO3/c1-7-5-9(6-8(2)12(7)16)13-10(14)3-4-11(13)15/h3-4,7-9,12,16H,5-6H2,1-2H3. The summed E-state index contributed by atoms with van der Waals surface area (Å²) in [5.74, 6) is -0.165. The van der Waals surface area contributed by atoms with Gasteiger partial charge in [0.25, 0.3) is 11.8 Å². The van der Waals surface area contributed by atoms with Gasteiger partial charge < -0.3 is 5.11 Å². The fourth-order valence-corrected chi connectivity index (χ4v) is 2.78. The Bertz CT molecular complexity index is 320. The zero-order valence-electron chi connectivity index (χ0n) is 9.59. The Kier molecular flexibility index (Phi) is 2.84. The summed E-state index contributed by atoms with van der Waals surface area (Å²) in [5, 5.41) is 9.83. The average molecular weight is 223 g/mol. The van der Waals surface area contributed by atoms with Crippen LogP contribution in [0, 0.1) is 11.8 Å². The van der Waals surface area contributed by atoms with Crippen molar-refractivity contribution >= 4 is 11.8 Å². The molecule has 4 heteroatoms. The Hall–Kier alpha value is -1.16. The van der Waals surface area contributed by atoms with E-state index in [0.29, 0.717) is 12.8 Å². The van der Waals surface area contributed by atoms with Gasteiger partial charge in [0.05, 0.1) is 6.10 Å². The highest BCUT2D eigenvalue weighted by molar-refractivity contribution is 6.13. The van der Waals surface area contributed by atoms with E-state index in [9.17, 15) is 14.7 Å². The number of carbonyl (C=O) groups is 2. The minimum absolute atomic E-state index is 0.0524. The Morgan fingerprint density at radius 3 is 2.00 bits per heavy atom. The molecule has 1 N–H and O–H groups in total. The molecule has 2 atom stereocenters. The molecule has 0 spiro atoms. The second-order valence-electron chi connectivity index (χ2n) is 4.95. The van der Waals surface area contributed by atoms with Gasteiger partial charge in [0, 0.05) is 18.2 Å². The zero-order chi connectivity index (χ0) is 11.9. The van der Waals surface area contributed by atoms with Gasteiger partial charge in [-0.05, 0) is 24.7 Å². The van der Waals surface area contributed by atoms with E-state index < -0.39 is 0 Å². The molecule has 0 radical (unpaired) electrons. The lowest BCUT2D eigenvalue weighted by Crippen LogP contribution is -2.48. The van der Waals surface area contributed by atoms with Crippen LogP contribution in [0.2, 0.25) is 0 Å². The molecular weight excluding hydrogens is 206 g/mol. The van der Waals surface area contributed by atoms with Crippen molar-refractivity contribution in [3.8, 4) is 0 Å². The lowest BCUT2D eigenvalue weighted by Gasteiger charge is -2.39. The fraction of sp³-hybridized carbons (Fsp3) is 0.667. The number of imide groups is 1. The molecule has 1 saturated carbocycles. The molecular formula is C12H17NO3. The van der Waals surface area contributed by atoms with E-state index in [1.54, 1.807) is 0 Å². The first-order chi connectivity index (χ1) is 7.50. The van der Waals surface area contributed by atoms with Gasteiger partial charge in [0.1, 0.15) is 0 Å². The van der Waals surface area contributed by atoms with E-state index in [4.69, 9.17) is 0 Å². The fourth-order valence-electron chi connectivity index (χ4n) is 2.78. The van der Waals surface area contributed by atoms with Crippen LogP contribution in [0.4, 0.5) is 0 Å². The Morgan fingerprint density at radius 1 is 1.12 bits per heavy atom. The number of hydrogen-bond acceptors (Lipinski definition) is 3. The third-order valence-corrected chi connectivity index (χ3v) is 3.66. The molecule has 0 aromatic rings. The third-order valence-electron chi connectivity index (χ3n) is 3.66. The van der Waals surface area contributed by atoms with Crippen LogP contribution in [0.15, 0.2) is 12.2 Å². The van der Waals surface area contributed by atoms with Crippen LogP contribution in [-0.4, -0.2) is 34.0 Å². The van der Waals surface area contributed by atoms with E-state index in [0.717, 1.165) is 0 Å². The van der Waals surface area contributed by atoms with E-state index in [1.165, 1.54) is 17.1 Å².